The molecule has 4 aromatic rings. The zero-order valence-electron chi connectivity index (χ0n) is 18.6. The molecule has 12 heteroatoms. The fourth-order valence-electron chi connectivity index (χ4n) is 3.77. The highest BCUT2D eigenvalue weighted by Crippen LogP contribution is 2.30. The molecule has 1 aliphatic heterocycles. The molecule has 2 amide bonds. The van der Waals surface area contributed by atoms with Crippen LogP contribution in [0.2, 0.25) is 0 Å². The Balaban J connectivity index is 1.39. The number of pyridine rings is 1. The first-order valence-corrected chi connectivity index (χ1v) is 10.5. The summed E-state index contributed by atoms with van der Waals surface area (Å²) in [5.41, 5.74) is 1.77. The van der Waals surface area contributed by atoms with E-state index in [4.69, 9.17) is 9.78 Å². The Morgan fingerprint density at radius 2 is 2.11 bits per heavy atom. The van der Waals surface area contributed by atoms with E-state index in [1.165, 1.54) is 41.8 Å². The van der Waals surface area contributed by atoms with Crippen LogP contribution in [0.3, 0.4) is 0 Å². The van der Waals surface area contributed by atoms with Crippen molar-refractivity contribution in [3.8, 4) is 17.5 Å². The lowest BCUT2D eigenvalue weighted by Crippen LogP contribution is -2.48. The van der Waals surface area contributed by atoms with E-state index < -0.39 is 17.8 Å². The molecule has 0 unspecified atom stereocenters. The quantitative estimate of drug-likeness (QED) is 0.475. The number of hydrogen-bond acceptors (Lipinski definition) is 8. The zero-order chi connectivity index (χ0) is 24.7. The van der Waals surface area contributed by atoms with Gasteiger partial charge in [0.1, 0.15) is 23.2 Å². The number of ether oxygens (including phenoxy) is 1. The molecule has 11 nitrogen and oxygen atoms in total. The van der Waals surface area contributed by atoms with Gasteiger partial charge in [-0.05, 0) is 31.2 Å². The molecule has 0 radical (unpaired) electrons. The van der Waals surface area contributed by atoms with Crippen molar-refractivity contribution in [2.24, 2.45) is 0 Å². The first-order valence-electron chi connectivity index (χ1n) is 10.5. The summed E-state index contributed by atoms with van der Waals surface area (Å²) in [5.74, 6) is -0.738. The standard InChI is InChI=1S/C23H18FN7O4/c1-12-16(24)5-14(22-28-20(29-35-22)15-10-30(11-15)23(33)34-2)6-17(12)27-21(32)18-8-26-19-4-3-13(7-25)9-31(18)19/h3-6,8-9,15H,10-11H2,1-2H3,(H,27,32). The molecule has 0 saturated carbocycles. The Kier molecular flexibility index (Phi) is 5.37. The van der Waals surface area contributed by atoms with Crippen LogP contribution in [-0.4, -0.2) is 56.6 Å². The number of imidazole rings is 1. The van der Waals surface area contributed by atoms with Crippen molar-refractivity contribution in [3.05, 3.63) is 65.1 Å². The minimum atomic E-state index is -0.567. The summed E-state index contributed by atoms with van der Waals surface area (Å²) in [4.78, 5) is 34.5. The van der Waals surface area contributed by atoms with E-state index in [0.29, 0.717) is 30.1 Å². The highest BCUT2D eigenvalue weighted by Gasteiger charge is 2.35. The minimum absolute atomic E-state index is 0.0828. The summed E-state index contributed by atoms with van der Waals surface area (Å²) in [5, 5.41) is 15.8. The number of nitrogens with zero attached hydrogens (tertiary/aromatic N) is 6. The van der Waals surface area contributed by atoms with Crippen molar-refractivity contribution in [1.29, 1.82) is 5.26 Å². The van der Waals surface area contributed by atoms with Crippen molar-refractivity contribution in [2.45, 2.75) is 12.8 Å². The minimum Gasteiger partial charge on any atom is -0.453 e. The molecule has 1 saturated heterocycles. The van der Waals surface area contributed by atoms with Gasteiger partial charge in [0.15, 0.2) is 5.82 Å². The first-order chi connectivity index (χ1) is 16.9. The molecule has 5 rings (SSSR count). The predicted octanol–water partition coefficient (Wildman–Crippen LogP) is 3.12. The van der Waals surface area contributed by atoms with Crippen molar-refractivity contribution in [3.63, 3.8) is 0 Å². The number of halogens is 1. The van der Waals surface area contributed by atoms with Gasteiger partial charge >= 0.3 is 6.09 Å². The smallest absolute Gasteiger partial charge is 0.409 e. The van der Waals surface area contributed by atoms with E-state index in [-0.39, 0.29) is 34.3 Å². The molecule has 3 aromatic heterocycles. The molecule has 1 N–H and O–H groups in total. The number of methoxy groups -OCH3 is 1. The van der Waals surface area contributed by atoms with Crippen molar-refractivity contribution in [1.82, 2.24) is 24.4 Å². The van der Waals surface area contributed by atoms with Crippen LogP contribution < -0.4 is 5.32 Å². The maximum absolute atomic E-state index is 14.7. The number of carbonyl (C=O) groups is 2. The van der Waals surface area contributed by atoms with Gasteiger partial charge in [0.25, 0.3) is 11.8 Å². The fourth-order valence-corrected chi connectivity index (χ4v) is 3.77. The molecule has 176 valence electrons. The lowest BCUT2D eigenvalue weighted by Gasteiger charge is -2.35. The Morgan fingerprint density at radius 1 is 1.31 bits per heavy atom. The van der Waals surface area contributed by atoms with Gasteiger partial charge in [0.2, 0.25) is 0 Å². The maximum atomic E-state index is 14.7. The number of nitrogens with one attached hydrogen (secondary N) is 1. The monoisotopic (exact) mass is 475 g/mol. The highest BCUT2D eigenvalue weighted by atomic mass is 19.1. The van der Waals surface area contributed by atoms with Gasteiger partial charge in [0, 0.05) is 36.1 Å². The summed E-state index contributed by atoms with van der Waals surface area (Å²) >= 11 is 0. The van der Waals surface area contributed by atoms with E-state index >= 15 is 0 Å². The largest absolute Gasteiger partial charge is 0.453 e. The van der Waals surface area contributed by atoms with Gasteiger partial charge in [-0.1, -0.05) is 5.16 Å². The number of fused-ring (bicyclic) bond motifs is 1. The van der Waals surface area contributed by atoms with Crippen LogP contribution in [0.1, 0.15) is 33.4 Å². The summed E-state index contributed by atoms with van der Waals surface area (Å²) in [7, 11) is 1.31. The van der Waals surface area contributed by atoms with Crippen LogP contribution in [-0.2, 0) is 4.74 Å². The maximum Gasteiger partial charge on any atom is 0.409 e. The Hall–Kier alpha value is -4.79. The van der Waals surface area contributed by atoms with E-state index in [0.717, 1.165) is 0 Å². The van der Waals surface area contributed by atoms with E-state index in [1.54, 1.807) is 18.2 Å². The van der Waals surface area contributed by atoms with E-state index in [2.05, 4.69) is 25.2 Å². The first kappa shape index (κ1) is 22.0. The Morgan fingerprint density at radius 3 is 2.86 bits per heavy atom. The van der Waals surface area contributed by atoms with Crippen LogP contribution in [0.25, 0.3) is 17.1 Å². The number of aromatic nitrogens is 4. The van der Waals surface area contributed by atoms with E-state index in [1.807, 2.05) is 6.07 Å². The molecule has 0 atom stereocenters. The van der Waals surface area contributed by atoms with Gasteiger partial charge in [-0.15, -0.1) is 0 Å². The van der Waals surface area contributed by atoms with Gasteiger partial charge < -0.3 is 19.5 Å². The average molecular weight is 475 g/mol. The third-order valence-corrected chi connectivity index (χ3v) is 5.83. The van der Waals surface area contributed by atoms with Crippen LogP contribution in [0.4, 0.5) is 14.9 Å². The number of nitriles is 1. The highest BCUT2D eigenvalue weighted by molar-refractivity contribution is 6.04. The molecule has 1 fully saturated rings. The number of amides is 2. The van der Waals surface area contributed by atoms with Gasteiger partial charge in [-0.3, -0.25) is 9.20 Å². The summed E-state index contributed by atoms with van der Waals surface area (Å²) in [6, 6.07) is 8.03. The van der Waals surface area contributed by atoms with Gasteiger partial charge in [0.05, 0.1) is 24.8 Å². The Bertz CT molecular complexity index is 1510. The SMILES string of the molecule is COC(=O)N1CC(c2noc(-c3cc(F)c(C)c(NC(=O)c4cnc5ccc(C#N)cn45)c3)n2)C1. The summed E-state index contributed by atoms with van der Waals surface area (Å²) in [6.45, 7) is 2.32. The third kappa shape index (κ3) is 3.93. The second-order valence-corrected chi connectivity index (χ2v) is 8.02. The number of likely N-dealkylation sites (tertiary alicyclic amines) is 1. The van der Waals surface area contributed by atoms with Crippen molar-refractivity contribution >= 4 is 23.3 Å². The van der Waals surface area contributed by atoms with E-state index in [9.17, 15) is 14.0 Å². The van der Waals surface area contributed by atoms with Crippen molar-refractivity contribution < 1.29 is 23.2 Å². The molecule has 35 heavy (non-hydrogen) atoms. The topological polar surface area (TPSA) is 139 Å². The number of benzene rings is 1. The molecule has 0 spiro atoms. The lowest BCUT2D eigenvalue weighted by molar-refractivity contribution is 0.0857. The second kappa shape index (κ2) is 8.53. The second-order valence-electron chi connectivity index (χ2n) is 8.02. The molecule has 1 aliphatic rings. The normalized spacial score (nSPS) is 13.4. The van der Waals surface area contributed by atoms with Crippen LogP contribution in [0.15, 0.2) is 41.2 Å². The number of carbonyl (C=O) groups excluding carboxylic acids is 2. The average Bonchev–Trinajstić information content (AvgIpc) is 3.47. The number of rotatable bonds is 4. The van der Waals surface area contributed by atoms with Crippen molar-refractivity contribution in [2.75, 3.05) is 25.5 Å². The molecular weight excluding hydrogens is 457 g/mol. The summed E-state index contributed by atoms with van der Waals surface area (Å²) in [6.07, 6.45) is 2.45. The summed E-state index contributed by atoms with van der Waals surface area (Å²) < 4.78 is 26.2. The molecule has 0 aliphatic carbocycles. The zero-order valence-corrected chi connectivity index (χ0v) is 18.6. The molecule has 4 heterocycles. The third-order valence-electron chi connectivity index (χ3n) is 5.83. The van der Waals surface area contributed by atoms with Crippen LogP contribution in [0.5, 0.6) is 0 Å². The fraction of sp³-hybridized carbons (Fsp3) is 0.217. The molecular formula is C23H18FN7O4. The lowest BCUT2D eigenvalue weighted by atomic mass is 10.0. The number of anilines is 1. The predicted molar refractivity (Wildman–Crippen MR) is 119 cm³/mol. The number of hydrogen-bond donors (Lipinski definition) is 1. The van der Waals surface area contributed by atoms with Crippen LogP contribution in [0, 0.1) is 24.1 Å². The van der Waals surface area contributed by atoms with Gasteiger partial charge in [-0.2, -0.15) is 10.2 Å². The molecule has 1 aromatic carbocycles. The van der Waals surface area contributed by atoms with Crippen LogP contribution >= 0.6 is 0 Å². The van der Waals surface area contributed by atoms with Gasteiger partial charge in [-0.25, -0.2) is 14.2 Å². The Labute approximate surface area is 197 Å². The molecule has 0 bridgehead atoms.